The molecule has 0 aromatic heterocycles. The van der Waals surface area contributed by atoms with E-state index in [0.717, 1.165) is 24.8 Å². The third-order valence-corrected chi connectivity index (χ3v) is 3.98. The monoisotopic (exact) mass is 284 g/mol. The SMILES string of the molecule is CC1CCCC(C)N1C(=O)/C(C#N)=C/c1ccc(O)cc1. The van der Waals surface area contributed by atoms with Crippen LogP contribution < -0.4 is 0 Å². The van der Waals surface area contributed by atoms with Gasteiger partial charge in [-0.3, -0.25) is 4.79 Å². The van der Waals surface area contributed by atoms with Crippen molar-refractivity contribution in [2.24, 2.45) is 0 Å². The van der Waals surface area contributed by atoms with E-state index in [9.17, 15) is 15.2 Å². The summed E-state index contributed by atoms with van der Waals surface area (Å²) in [6, 6.07) is 8.79. The van der Waals surface area contributed by atoms with Crippen LogP contribution in [0.1, 0.15) is 38.7 Å². The molecule has 1 heterocycles. The van der Waals surface area contributed by atoms with Crippen molar-refractivity contribution in [3.05, 3.63) is 35.4 Å². The molecule has 0 aliphatic carbocycles. The summed E-state index contributed by atoms with van der Waals surface area (Å²) >= 11 is 0. The van der Waals surface area contributed by atoms with Crippen LogP contribution in [0, 0.1) is 11.3 Å². The normalized spacial score (nSPS) is 22.7. The van der Waals surface area contributed by atoms with Gasteiger partial charge in [0.2, 0.25) is 0 Å². The molecule has 4 heteroatoms. The number of phenols is 1. The summed E-state index contributed by atoms with van der Waals surface area (Å²) in [5.41, 5.74) is 0.872. The third kappa shape index (κ3) is 3.43. The fourth-order valence-electron chi connectivity index (χ4n) is 2.84. The number of aromatic hydroxyl groups is 1. The Bertz CT molecular complexity index is 574. The highest BCUT2D eigenvalue weighted by molar-refractivity contribution is 6.02. The van der Waals surface area contributed by atoms with Crippen LogP contribution in [0.5, 0.6) is 5.75 Å². The largest absolute Gasteiger partial charge is 0.508 e. The third-order valence-electron chi connectivity index (χ3n) is 3.98. The van der Waals surface area contributed by atoms with Gasteiger partial charge >= 0.3 is 0 Å². The molecule has 2 rings (SSSR count). The Hall–Kier alpha value is -2.28. The number of piperidine rings is 1. The fourth-order valence-corrected chi connectivity index (χ4v) is 2.84. The smallest absolute Gasteiger partial charge is 0.265 e. The van der Waals surface area contributed by atoms with Crippen molar-refractivity contribution in [2.45, 2.75) is 45.2 Å². The van der Waals surface area contributed by atoms with Crippen molar-refractivity contribution in [3.63, 3.8) is 0 Å². The van der Waals surface area contributed by atoms with Gasteiger partial charge < -0.3 is 10.0 Å². The van der Waals surface area contributed by atoms with Crippen LogP contribution in [0.4, 0.5) is 0 Å². The number of benzene rings is 1. The Morgan fingerprint density at radius 2 is 1.86 bits per heavy atom. The fraction of sp³-hybridized carbons (Fsp3) is 0.412. The van der Waals surface area contributed by atoms with Crippen LogP contribution in [0.15, 0.2) is 29.8 Å². The van der Waals surface area contributed by atoms with E-state index in [1.54, 1.807) is 18.2 Å². The molecule has 21 heavy (non-hydrogen) atoms. The summed E-state index contributed by atoms with van der Waals surface area (Å²) in [7, 11) is 0. The van der Waals surface area contributed by atoms with E-state index in [4.69, 9.17) is 0 Å². The molecule has 110 valence electrons. The van der Waals surface area contributed by atoms with Crippen LogP contribution in [-0.2, 0) is 4.79 Å². The molecule has 0 saturated carbocycles. The van der Waals surface area contributed by atoms with Gasteiger partial charge in [0.05, 0.1) is 0 Å². The first-order chi connectivity index (χ1) is 10.0. The van der Waals surface area contributed by atoms with Crippen molar-refractivity contribution in [2.75, 3.05) is 0 Å². The number of rotatable bonds is 2. The summed E-state index contributed by atoms with van der Waals surface area (Å²) in [6.07, 6.45) is 4.66. The first kappa shape index (κ1) is 15.1. The van der Waals surface area contributed by atoms with Crippen molar-refractivity contribution < 1.29 is 9.90 Å². The Morgan fingerprint density at radius 3 is 2.38 bits per heavy atom. The highest BCUT2D eigenvalue weighted by Crippen LogP contribution is 2.25. The Kier molecular flexibility index (Phi) is 4.64. The first-order valence-corrected chi connectivity index (χ1v) is 7.26. The summed E-state index contributed by atoms with van der Waals surface area (Å²) in [6.45, 7) is 4.06. The summed E-state index contributed by atoms with van der Waals surface area (Å²) < 4.78 is 0. The molecule has 0 spiro atoms. The lowest BCUT2D eigenvalue weighted by atomic mass is 9.96. The zero-order chi connectivity index (χ0) is 15.4. The van der Waals surface area contributed by atoms with Crippen LogP contribution in [0.25, 0.3) is 6.08 Å². The molecule has 1 fully saturated rings. The van der Waals surface area contributed by atoms with Gasteiger partial charge in [0.15, 0.2) is 0 Å². The second-order valence-electron chi connectivity index (χ2n) is 5.60. The number of nitrogens with zero attached hydrogens (tertiary/aromatic N) is 2. The van der Waals surface area contributed by atoms with Gasteiger partial charge in [-0.25, -0.2) is 0 Å². The second-order valence-corrected chi connectivity index (χ2v) is 5.60. The van der Waals surface area contributed by atoms with E-state index in [1.807, 2.05) is 24.8 Å². The Morgan fingerprint density at radius 1 is 1.29 bits per heavy atom. The molecule has 1 saturated heterocycles. The molecule has 1 aromatic carbocycles. The molecule has 2 atom stereocenters. The van der Waals surface area contributed by atoms with Gasteiger partial charge in [-0.1, -0.05) is 12.1 Å². The van der Waals surface area contributed by atoms with Gasteiger partial charge in [0, 0.05) is 12.1 Å². The van der Waals surface area contributed by atoms with Crippen LogP contribution in [0.3, 0.4) is 0 Å². The molecular weight excluding hydrogens is 264 g/mol. The van der Waals surface area contributed by atoms with Gasteiger partial charge in [-0.2, -0.15) is 5.26 Å². The van der Waals surface area contributed by atoms with E-state index in [1.165, 1.54) is 12.1 Å². The lowest BCUT2D eigenvalue weighted by Gasteiger charge is -2.38. The molecule has 4 nitrogen and oxygen atoms in total. The predicted octanol–water partition coefficient (Wildman–Crippen LogP) is 3.09. The minimum atomic E-state index is -0.203. The molecule has 0 radical (unpaired) electrons. The lowest BCUT2D eigenvalue weighted by molar-refractivity contribution is -0.132. The summed E-state index contributed by atoms with van der Waals surface area (Å²) in [5.74, 6) is -0.0412. The maximum atomic E-state index is 12.6. The lowest BCUT2D eigenvalue weighted by Crippen LogP contribution is -2.47. The number of carbonyl (C=O) groups excluding carboxylic acids is 1. The maximum absolute atomic E-state index is 12.6. The summed E-state index contributed by atoms with van der Waals surface area (Å²) in [4.78, 5) is 14.4. The molecular formula is C17H20N2O2. The number of likely N-dealkylation sites (tertiary alicyclic amines) is 1. The predicted molar refractivity (Wildman–Crippen MR) is 81.3 cm³/mol. The number of nitriles is 1. The van der Waals surface area contributed by atoms with Crippen LogP contribution in [-0.4, -0.2) is 28.0 Å². The number of phenolic OH excluding ortho intramolecular Hbond substituents is 1. The number of hydrogen-bond acceptors (Lipinski definition) is 3. The topological polar surface area (TPSA) is 64.3 Å². The van der Waals surface area contributed by atoms with Crippen molar-refractivity contribution in [1.82, 2.24) is 4.90 Å². The van der Waals surface area contributed by atoms with E-state index in [2.05, 4.69) is 0 Å². The molecule has 1 aliphatic rings. The molecule has 2 unspecified atom stereocenters. The summed E-state index contributed by atoms with van der Waals surface area (Å²) in [5, 5.41) is 18.6. The molecule has 0 bridgehead atoms. The first-order valence-electron chi connectivity index (χ1n) is 7.26. The highest BCUT2D eigenvalue weighted by atomic mass is 16.3. The number of amides is 1. The zero-order valence-corrected chi connectivity index (χ0v) is 12.4. The Balaban J connectivity index is 2.26. The van der Waals surface area contributed by atoms with Gasteiger partial charge in [0.1, 0.15) is 17.4 Å². The van der Waals surface area contributed by atoms with Gasteiger partial charge in [-0.15, -0.1) is 0 Å². The van der Waals surface area contributed by atoms with Crippen LogP contribution >= 0.6 is 0 Å². The minimum Gasteiger partial charge on any atom is -0.508 e. The maximum Gasteiger partial charge on any atom is 0.265 e. The van der Waals surface area contributed by atoms with E-state index >= 15 is 0 Å². The molecule has 1 amide bonds. The second kappa shape index (κ2) is 6.45. The van der Waals surface area contributed by atoms with E-state index < -0.39 is 0 Å². The minimum absolute atomic E-state index is 0.140. The van der Waals surface area contributed by atoms with E-state index in [-0.39, 0.29) is 29.3 Å². The van der Waals surface area contributed by atoms with Crippen molar-refractivity contribution in [1.29, 1.82) is 5.26 Å². The van der Waals surface area contributed by atoms with Crippen LogP contribution in [0.2, 0.25) is 0 Å². The van der Waals surface area contributed by atoms with Gasteiger partial charge in [0.25, 0.3) is 5.91 Å². The zero-order valence-electron chi connectivity index (χ0n) is 12.4. The average Bonchev–Trinajstić information content (AvgIpc) is 2.46. The average molecular weight is 284 g/mol. The van der Waals surface area contributed by atoms with Gasteiger partial charge in [-0.05, 0) is 56.9 Å². The van der Waals surface area contributed by atoms with Crippen molar-refractivity contribution >= 4 is 12.0 Å². The van der Waals surface area contributed by atoms with E-state index in [0.29, 0.717) is 0 Å². The highest BCUT2D eigenvalue weighted by Gasteiger charge is 2.30. The molecule has 1 aliphatic heterocycles. The van der Waals surface area contributed by atoms with Crippen molar-refractivity contribution in [3.8, 4) is 11.8 Å². The number of carbonyl (C=O) groups is 1. The standard InChI is InChI=1S/C17H20N2O2/c1-12-4-3-5-13(2)19(12)17(21)15(11-18)10-14-6-8-16(20)9-7-14/h6-10,12-13,20H,3-5H2,1-2H3/b15-10+. The Labute approximate surface area is 125 Å². The molecule has 1 aromatic rings. The number of hydrogen-bond donors (Lipinski definition) is 1. The molecule has 1 N–H and O–H groups in total. The quantitative estimate of drug-likeness (QED) is 0.670.